The Labute approximate surface area is 159 Å². The maximum atomic E-state index is 13.2. The van der Waals surface area contributed by atoms with E-state index in [0.29, 0.717) is 41.6 Å². The molecule has 5 fully saturated rings. The largest absolute Gasteiger partial charge is 0.390 e. The molecule has 1 saturated heterocycles. The Morgan fingerprint density at radius 2 is 2.07 bits per heavy atom. The van der Waals surface area contributed by atoms with Gasteiger partial charge in [-0.1, -0.05) is 0 Å². The molecule has 2 heterocycles. The van der Waals surface area contributed by atoms with Crippen molar-refractivity contribution in [2.24, 2.45) is 17.8 Å². The van der Waals surface area contributed by atoms with Crippen LogP contribution in [0.4, 0.5) is 5.95 Å². The summed E-state index contributed by atoms with van der Waals surface area (Å²) in [6.45, 7) is 0.706. The summed E-state index contributed by atoms with van der Waals surface area (Å²) in [7, 11) is 1.77. The molecule has 0 aromatic carbocycles. The number of carbonyl (C=O) groups is 1. The fraction of sp³-hybridized carbons (Fsp3) is 0.750. The van der Waals surface area contributed by atoms with E-state index >= 15 is 0 Å². The summed E-state index contributed by atoms with van der Waals surface area (Å²) in [6, 6.07) is 0.149. The van der Waals surface area contributed by atoms with E-state index in [1.54, 1.807) is 13.2 Å². The number of hydrogen-bond acceptors (Lipinski definition) is 6. The predicted octanol–water partition coefficient (Wildman–Crippen LogP) is 2.04. The second-order valence-electron chi connectivity index (χ2n) is 8.94. The zero-order valence-corrected chi connectivity index (χ0v) is 15.8. The first-order valence-electron chi connectivity index (χ1n) is 10.2. The number of nitrogens with one attached hydrogen (secondary N) is 2. The summed E-state index contributed by atoms with van der Waals surface area (Å²) in [4.78, 5) is 22.0. The normalized spacial score (nSPS) is 39.6. The number of anilines is 1. The lowest BCUT2D eigenvalue weighted by Gasteiger charge is -2.58. The van der Waals surface area contributed by atoms with Gasteiger partial charge in [-0.15, -0.1) is 0 Å². The van der Waals surface area contributed by atoms with E-state index in [0.717, 1.165) is 44.9 Å². The molecule has 2 unspecified atom stereocenters. The molecule has 1 amide bonds. The number of rotatable bonds is 4. The Balaban J connectivity index is 1.38. The van der Waals surface area contributed by atoms with Crippen LogP contribution in [0, 0.1) is 17.8 Å². The molecular weight excluding hydrogens is 344 g/mol. The van der Waals surface area contributed by atoms with E-state index in [-0.39, 0.29) is 18.1 Å². The monoisotopic (exact) mass is 372 g/mol. The average molecular weight is 372 g/mol. The van der Waals surface area contributed by atoms with Crippen molar-refractivity contribution in [3.8, 4) is 0 Å². The number of hydrogen-bond donors (Lipinski definition) is 3. The standard InChI is InChI=1S/C20H28N4O3/c1-21-19-22-10-14(17(24-19)15-3-2-4-27-15)18(25)23-16-12-5-11-6-13(16)9-20(26,7-11)8-12/h10-13,15-16,26H,2-9H2,1H3,(H,23,25)(H,21,22,24)/t11?,12?,13?,15-,16?,20?/m0/s1. The van der Waals surface area contributed by atoms with Crippen molar-refractivity contribution in [2.75, 3.05) is 19.0 Å². The van der Waals surface area contributed by atoms with Crippen molar-refractivity contribution in [3.63, 3.8) is 0 Å². The quantitative estimate of drug-likeness (QED) is 0.748. The Hall–Kier alpha value is -1.73. The molecule has 3 atom stereocenters. The number of carbonyl (C=O) groups excluding carboxylic acids is 1. The molecular formula is C20H28N4O3. The first kappa shape index (κ1) is 17.4. The molecule has 7 nitrogen and oxygen atoms in total. The summed E-state index contributed by atoms with van der Waals surface area (Å²) in [5.74, 6) is 1.80. The Bertz CT molecular complexity index is 733. The van der Waals surface area contributed by atoms with E-state index in [9.17, 15) is 9.90 Å². The third-order valence-electron chi connectivity index (χ3n) is 7.06. The number of nitrogens with zero attached hydrogens (tertiary/aromatic N) is 2. The minimum atomic E-state index is -0.488. The van der Waals surface area contributed by atoms with Crippen molar-refractivity contribution in [3.05, 3.63) is 17.5 Å². The van der Waals surface area contributed by atoms with E-state index in [1.165, 1.54) is 0 Å². The molecule has 7 heteroatoms. The van der Waals surface area contributed by atoms with Crippen LogP contribution < -0.4 is 10.6 Å². The third-order valence-corrected chi connectivity index (χ3v) is 7.06. The molecule has 4 bridgehead atoms. The minimum Gasteiger partial charge on any atom is -0.390 e. The molecule has 4 aliphatic carbocycles. The lowest BCUT2D eigenvalue weighted by molar-refractivity contribution is -0.136. The highest BCUT2D eigenvalue weighted by Crippen LogP contribution is 2.55. The summed E-state index contributed by atoms with van der Waals surface area (Å²) < 4.78 is 5.80. The van der Waals surface area contributed by atoms with Gasteiger partial charge >= 0.3 is 0 Å². The highest BCUT2D eigenvalue weighted by atomic mass is 16.5. The van der Waals surface area contributed by atoms with Gasteiger partial charge in [0, 0.05) is 25.9 Å². The number of amides is 1. The lowest BCUT2D eigenvalue weighted by atomic mass is 9.52. The lowest BCUT2D eigenvalue weighted by Crippen LogP contribution is -2.61. The SMILES string of the molecule is CNc1ncc(C(=O)NC2C3CC4CC2CC(O)(C4)C3)c([C@@H]2CCCO2)n1. The van der Waals surface area contributed by atoms with Crippen LogP contribution in [0.15, 0.2) is 6.20 Å². The fourth-order valence-electron chi connectivity index (χ4n) is 6.18. The first-order valence-corrected chi connectivity index (χ1v) is 10.2. The summed E-state index contributed by atoms with van der Waals surface area (Å²) in [6.07, 6.45) is 8.17. The number of aliphatic hydroxyl groups is 1. The Kier molecular flexibility index (Phi) is 4.13. The minimum absolute atomic E-state index is 0.104. The third kappa shape index (κ3) is 3.01. The number of ether oxygens (including phenoxy) is 1. The molecule has 0 spiro atoms. The van der Waals surface area contributed by atoms with Crippen LogP contribution in [0.3, 0.4) is 0 Å². The van der Waals surface area contributed by atoms with E-state index in [2.05, 4.69) is 20.6 Å². The van der Waals surface area contributed by atoms with Crippen molar-refractivity contribution < 1.29 is 14.6 Å². The zero-order valence-electron chi connectivity index (χ0n) is 15.8. The molecule has 5 aliphatic rings. The van der Waals surface area contributed by atoms with Crippen LogP contribution in [-0.4, -0.2) is 46.3 Å². The summed E-state index contributed by atoms with van der Waals surface area (Å²) in [5, 5.41) is 17.0. The van der Waals surface area contributed by atoms with Gasteiger partial charge in [-0.2, -0.15) is 0 Å². The van der Waals surface area contributed by atoms with Gasteiger partial charge in [0.25, 0.3) is 5.91 Å². The van der Waals surface area contributed by atoms with Gasteiger partial charge in [-0.3, -0.25) is 4.79 Å². The number of aromatic nitrogens is 2. The smallest absolute Gasteiger partial charge is 0.255 e. The van der Waals surface area contributed by atoms with Crippen LogP contribution in [0.5, 0.6) is 0 Å². The van der Waals surface area contributed by atoms with Crippen molar-refractivity contribution >= 4 is 11.9 Å². The Morgan fingerprint density at radius 1 is 1.30 bits per heavy atom. The molecule has 1 aromatic rings. The second kappa shape index (κ2) is 6.41. The summed E-state index contributed by atoms with van der Waals surface area (Å²) >= 11 is 0. The van der Waals surface area contributed by atoms with Crippen LogP contribution in [0.25, 0.3) is 0 Å². The van der Waals surface area contributed by atoms with E-state index in [4.69, 9.17) is 4.74 Å². The van der Waals surface area contributed by atoms with Gasteiger partial charge in [-0.25, -0.2) is 9.97 Å². The van der Waals surface area contributed by atoms with Gasteiger partial charge < -0.3 is 20.5 Å². The zero-order chi connectivity index (χ0) is 18.6. The van der Waals surface area contributed by atoms with E-state index < -0.39 is 5.60 Å². The van der Waals surface area contributed by atoms with Crippen molar-refractivity contribution in [1.29, 1.82) is 0 Å². The molecule has 0 radical (unpaired) electrons. The molecule has 1 aliphatic heterocycles. The predicted molar refractivity (Wildman–Crippen MR) is 99.3 cm³/mol. The van der Waals surface area contributed by atoms with Gasteiger partial charge in [0.15, 0.2) is 0 Å². The maximum Gasteiger partial charge on any atom is 0.255 e. The topological polar surface area (TPSA) is 96.4 Å². The average Bonchev–Trinajstić information content (AvgIpc) is 3.17. The maximum absolute atomic E-state index is 13.2. The van der Waals surface area contributed by atoms with Gasteiger partial charge in [0.1, 0.15) is 6.10 Å². The van der Waals surface area contributed by atoms with Crippen molar-refractivity contribution in [1.82, 2.24) is 15.3 Å². The van der Waals surface area contributed by atoms with Crippen LogP contribution in [0.2, 0.25) is 0 Å². The van der Waals surface area contributed by atoms with Crippen LogP contribution in [-0.2, 0) is 4.74 Å². The van der Waals surface area contributed by atoms with Gasteiger partial charge in [0.2, 0.25) is 5.95 Å². The molecule has 6 rings (SSSR count). The molecule has 4 saturated carbocycles. The van der Waals surface area contributed by atoms with E-state index in [1.807, 2.05) is 0 Å². The van der Waals surface area contributed by atoms with Gasteiger partial charge in [0.05, 0.1) is 16.9 Å². The first-order chi connectivity index (χ1) is 13.0. The highest BCUT2D eigenvalue weighted by molar-refractivity contribution is 5.95. The molecule has 3 N–H and O–H groups in total. The Morgan fingerprint density at radius 3 is 2.70 bits per heavy atom. The fourth-order valence-corrected chi connectivity index (χ4v) is 6.18. The van der Waals surface area contributed by atoms with Crippen molar-refractivity contribution in [2.45, 2.75) is 62.7 Å². The molecule has 27 heavy (non-hydrogen) atoms. The molecule has 146 valence electrons. The molecule has 1 aromatic heterocycles. The second-order valence-corrected chi connectivity index (χ2v) is 8.94. The van der Waals surface area contributed by atoms with Crippen LogP contribution >= 0.6 is 0 Å². The summed E-state index contributed by atoms with van der Waals surface area (Å²) in [5.41, 5.74) is 0.721. The van der Waals surface area contributed by atoms with Crippen LogP contribution in [0.1, 0.15) is 67.1 Å². The highest BCUT2D eigenvalue weighted by Gasteiger charge is 2.55. The van der Waals surface area contributed by atoms with Gasteiger partial charge in [-0.05, 0) is 62.7 Å².